The molecule has 2 aromatic carbocycles. The molecule has 1 amide bonds. The number of benzene rings is 2. The van der Waals surface area contributed by atoms with Gasteiger partial charge in [-0.25, -0.2) is 4.39 Å². The maximum atomic E-state index is 13.6. The molecule has 0 saturated carbocycles. The van der Waals surface area contributed by atoms with E-state index in [0.717, 1.165) is 18.5 Å². The van der Waals surface area contributed by atoms with Gasteiger partial charge in [-0.3, -0.25) is 4.79 Å². The van der Waals surface area contributed by atoms with Crippen LogP contribution in [0, 0.1) is 19.7 Å². The average Bonchev–Trinajstić information content (AvgIpc) is 2.61. The first kappa shape index (κ1) is 17.6. The highest BCUT2D eigenvalue weighted by Gasteiger charge is 2.27. The lowest BCUT2D eigenvalue weighted by Gasteiger charge is -2.36. The third kappa shape index (κ3) is 4.26. The lowest BCUT2D eigenvalue weighted by atomic mass is 9.99. The number of amides is 1. The third-order valence-corrected chi connectivity index (χ3v) is 4.90. The van der Waals surface area contributed by atoms with E-state index in [2.05, 4.69) is 37.4 Å². The number of aryl methyl sites for hydroxylation is 3. The first-order valence-corrected chi connectivity index (χ1v) is 8.86. The monoisotopic (exact) mass is 340 g/mol. The molecule has 2 aromatic rings. The van der Waals surface area contributed by atoms with Crippen molar-refractivity contribution in [3.8, 4) is 0 Å². The number of hydrogen-bond donors (Lipinski definition) is 1. The molecule has 0 spiro atoms. The molecule has 1 atom stereocenters. The Hall–Kier alpha value is -2.20. The summed E-state index contributed by atoms with van der Waals surface area (Å²) < 4.78 is 13.6. The van der Waals surface area contributed by atoms with Crippen molar-refractivity contribution >= 4 is 5.91 Å². The van der Waals surface area contributed by atoms with Crippen molar-refractivity contribution in [1.82, 2.24) is 10.2 Å². The van der Waals surface area contributed by atoms with E-state index < -0.39 is 0 Å². The Kier molecular flexibility index (Phi) is 5.49. The second-order valence-corrected chi connectivity index (χ2v) is 6.79. The summed E-state index contributed by atoms with van der Waals surface area (Å²) in [6, 6.07) is 12.8. The summed E-state index contributed by atoms with van der Waals surface area (Å²) in [5, 5.41) is 3.31. The van der Waals surface area contributed by atoms with Gasteiger partial charge in [-0.05, 0) is 49.1 Å². The van der Waals surface area contributed by atoms with Crippen molar-refractivity contribution in [3.05, 3.63) is 70.5 Å². The Morgan fingerprint density at radius 3 is 2.84 bits per heavy atom. The van der Waals surface area contributed by atoms with E-state index in [1.807, 2.05) is 11.0 Å². The van der Waals surface area contributed by atoms with Crippen LogP contribution in [-0.2, 0) is 11.2 Å². The van der Waals surface area contributed by atoms with E-state index >= 15 is 0 Å². The first-order chi connectivity index (χ1) is 12.0. The molecule has 0 aromatic heterocycles. The zero-order chi connectivity index (χ0) is 17.8. The molecule has 25 heavy (non-hydrogen) atoms. The van der Waals surface area contributed by atoms with Gasteiger partial charge in [0.2, 0.25) is 5.91 Å². The number of carbonyl (C=O) groups excluding carboxylic acids is 1. The summed E-state index contributed by atoms with van der Waals surface area (Å²) in [6.45, 7) is 6.27. The van der Waals surface area contributed by atoms with Crippen LogP contribution in [0.2, 0.25) is 0 Å². The van der Waals surface area contributed by atoms with Gasteiger partial charge >= 0.3 is 0 Å². The van der Waals surface area contributed by atoms with Crippen molar-refractivity contribution in [2.45, 2.75) is 32.7 Å². The van der Waals surface area contributed by atoms with Gasteiger partial charge < -0.3 is 10.2 Å². The zero-order valence-corrected chi connectivity index (χ0v) is 14.9. The number of piperazine rings is 1. The minimum Gasteiger partial charge on any atom is -0.333 e. The van der Waals surface area contributed by atoms with Gasteiger partial charge in [-0.1, -0.05) is 35.9 Å². The highest BCUT2D eigenvalue weighted by molar-refractivity contribution is 5.77. The molecule has 1 aliphatic rings. The van der Waals surface area contributed by atoms with E-state index in [9.17, 15) is 9.18 Å². The van der Waals surface area contributed by atoms with Crippen LogP contribution in [0.1, 0.15) is 34.7 Å². The highest BCUT2D eigenvalue weighted by atomic mass is 19.1. The molecule has 1 fully saturated rings. The van der Waals surface area contributed by atoms with Gasteiger partial charge in [0.15, 0.2) is 0 Å². The van der Waals surface area contributed by atoms with Crippen LogP contribution in [0.3, 0.4) is 0 Å². The van der Waals surface area contributed by atoms with E-state index in [0.29, 0.717) is 19.5 Å². The number of hydrogen-bond acceptors (Lipinski definition) is 2. The van der Waals surface area contributed by atoms with Crippen LogP contribution in [0.15, 0.2) is 42.5 Å². The fourth-order valence-corrected chi connectivity index (χ4v) is 3.53. The molecule has 1 aliphatic heterocycles. The fourth-order valence-electron chi connectivity index (χ4n) is 3.53. The highest BCUT2D eigenvalue weighted by Crippen LogP contribution is 2.24. The number of nitrogens with one attached hydrogen (secondary N) is 1. The van der Waals surface area contributed by atoms with Crippen molar-refractivity contribution in [1.29, 1.82) is 0 Å². The predicted octanol–water partition coefficient (Wildman–Crippen LogP) is 3.55. The molecule has 1 unspecified atom stereocenters. The van der Waals surface area contributed by atoms with Crippen LogP contribution in [0.4, 0.5) is 4.39 Å². The Labute approximate surface area is 148 Å². The van der Waals surface area contributed by atoms with Crippen LogP contribution >= 0.6 is 0 Å². The number of rotatable bonds is 4. The summed E-state index contributed by atoms with van der Waals surface area (Å²) in [5.41, 5.74) is 4.54. The van der Waals surface area contributed by atoms with Gasteiger partial charge in [-0.15, -0.1) is 0 Å². The minimum atomic E-state index is -0.259. The molecule has 3 nitrogen and oxygen atoms in total. The van der Waals surface area contributed by atoms with E-state index in [1.165, 1.54) is 28.8 Å². The zero-order valence-electron chi connectivity index (χ0n) is 14.9. The van der Waals surface area contributed by atoms with Crippen LogP contribution < -0.4 is 5.32 Å². The molecule has 1 heterocycles. The molecular formula is C21H25FN2O. The van der Waals surface area contributed by atoms with Gasteiger partial charge in [0.1, 0.15) is 5.82 Å². The molecule has 0 aliphatic carbocycles. The maximum Gasteiger partial charge on any atom is 0.223 e. The average molecular weight is 340 g/mol. The number of nitrogens with zero attached hydrogens (tertiary/aromatic N) is 1. The molecular weight excluding hydrogens is 315 g/mol. The standard InChI is InChI=1S/C21H25FN2O/c1-15-6-7-17(16(2)12-15)8-9-21(25)24-11-10-23-14-20(24)18-4-3-5-19(22)13-18/h3-7,12-13,20,23H,8-11,14H2,1-2H3. The summed E-state index contributed by atoms with van der Waals surface area (Å²) in [6.07, 6.45) is 1.22. The second-order valence-electron chi connectivity index (χ2n) is 6.79. The SMILES string of the molecule is Cc1ccc(CCC(=O)N2CCNCC2c2cccc(F)c2)c(C)c1. The Bertz CT molecular complexity index is 759. The Balaban J connectivity index is 1.70. The van der Waals surface area contributed by atoms with E-state index in [1.54, 1.807) is 6.07 Å². The van der Waals surface area contributed by atoms with Crippen molar-refractivity contribution < 1.29 is 9.18 Å². The number of halogens is 1. The van der Waals surface area contributed by atoms with E-state index in [-0.39, 0.29) is 17.8 Å². The second kappa shape index (κ2) is 7.79. The van der Waals surface area contributed by atoms with Crippen LogP contribution in [0.5, 0.6) is 0 Å². The minimum absolute atomic E-state index is 0.101. The van der Waals surface area contributed by atoms with Gasteiger partial charge in [-0.2, -0.15) is 0 Å². The van der Waals surface area contributed by atoms with Crippen molar-refractivity contribution in [2.24, 2.45) is 0 Å². The lowest BCUT2D eigenvalue weighted by Crippen LogP contribution is -2.48. The number of carbonyl (C=O) groups is 1. The quantitative estimate of drug-likeness (QED) is 0.923. The van der Waals surface area contributed by atoms with Crippen LogP contribution in [-0.4, -0.2) is 30.4 Å². The first-order valence-electron chi connectivity index (χ1n) is 8.86. The molecule has 1 N–H and O–H groups in total. The van der Waals surface area contributed by atoms with Crippen LogP contribution in [0.25, 0.3) is 0 Å². The molecule has 0 radical (unpaired) electrons. The van der Waals surface area contributed by atoms with E-state index in [4.69, 9.17) is 0 Å². The van der Waals surface area contributed by atoms with Gasteiger partial charge in [0.05, 0.1) is 6.04 Å². The summed E-state index contributed by atoms with van der Waals surface area (Å²) in [5.74, 6) is -0.124. The molecule has 0 bridgehead atoms. The maximum absolute atomic E-state index is 13.6. The Morgan fingerprint density at radius 1 is 1.24 bits per heavy atom. The smallest absolute Gasteiger partial charge is 0.223 e. The van der Waals surface area contributed by atoms with Gasteiger partial charge in [0.25, 0.3) is 0 Å². The fraction of sp³-hybridized carbons (Fsp3) is 0.381. The molecule has 3 rings (SSSR count). The van der Waals surface area contributed by atoms with Crippen molar-refractivity contribution in [2.75, 3.05) is 19.6 Å². The van der Waals surface area contributed by atoms with Gasteiger partial charge in [0, 0.05) is 26.1 Å². The van der Waals surface area contributed by atoms with Crippen molar-refractivity contribution in [3.63, 3.8) is 0 Å². The summed E-state index contributed by atoms with van der Waals surface area (Å²) >= 11 is 0. The normalized spacial score (nSPS) is 17.6. The third-order valence-electron chi connectivity index (χ3n) is 4.90. The topological polar surface area (TPSA) is 32.3 Å². The molecule has 4 heteroatoms. The summed E-state index contributed by atoms with van der Waals surface area (Å²) in [7, 11) is 0. The largest absolute Gasteiger partial charge is 0.333 e. The Morgan fingerprint density at radius 2 is 2.08 bits per heavy atom. The predicted molar refractivity (Wildman–Crippen MR) is 98.0 cm³/mol. The lowest BCUT2D eigenvalue weighted by molar-refractivity contribution is -0.134. The summed E-state index contributed by atoms with van der Waals surface area (Å²) in [4.78, 5) is 14.7. The molecule has 1 saturated heterocycles. The molecule has 132 valence electrons.